The molecule has 2 aliphatic rings. The molecule has 0 radical (unpaired) electrons. The lowest BCUT2D eigenvalue weighted by Gasteiger charge is -2.42. The van der Waals surface area contributed by atoms with Crippen molar-refractivity contribution in [2.75, 3.05) is 23.9 Å². The maximum absolute atomic E-state index is 12.1. The Bertz CT molecular complexity index is 872. The molecule has 5 heteroatoms. The molecule has 2 aromatic rings. The van der Waals surface area contributed by atoms with Crippen LogP contribution in [0.15, 0.2) is 53.5 Å². The zero-order valence-corrected chi connectivity index (χ0v) is 16.3. The molecule has 1 fully saturated rings. The topological polar surface area (TPSA) is 50.7 Å². The van der Waals surface area contributed by atoms with Gasteiger partial charge in [0.1, 0.15) is 5.84 Å². The van der Waals surface area contributed by atoms with Crippen molar-refractivity contribution in [2.24, 2.45) is 10.4 Å². The third-order valence-electron chi connectivity index (χ3n) is 5.58. The van der Waals surface area contributed by atoms with Gasteiger partial charge < -0.3 is 10.1 Å². The van der Waals surface area contributed by atoms with Gasteiger partial charge in [-0.3, -0.25) is 4.99 Å². The molecule has 27 heavy (non-hydrogen) atoms. The molecule has 2 aromatic carbocycles. The minimum absolute atomic E-state index is 0.0831. The highest BCUT2D eigenvalue weighted by atomic mass is 32.2. The Kier molecular flexibility index (Phi) is 5.21. The fraction of sp³-hybridized carbons (Fsp3) is 0.364. The number of rotatable bonds is 3. The van der Waals surface area contributed by atoms with Gasteiger partial charge in [-0.2, -0.15) is 11.8 Å². The quantitative estimate of drug-likeness (QED) is 0.794. The van der Waals surface area contributed by atoms with Crippen LogP contribution in [0, 0.1) is 5.41 Å². The van der Waals surface area contributed by atoms with Crippen molar-refractivity contribution in [3.8, 4) is 0 Å². The minimum atomic E-state index is -0.309. The van der Waals surface area contributed by atoms with E-state index < -0.39 is 0 Å². The van der Waals surface area contributed by atoms with Crippen molar-refractivity contribution < 1.29 is 9.53 Å². The van der Waals surface area contributed by atoms with E-state index in [-0.39, 0.29) is 11.4 Å². The number of hydrogen-bond donors (Lipinski definition) is 1. The summed E-state index contributed by atoms with van der Waals surface area (Å²) >= 11 is 2.03. The predicted octanol–water partition coefficient (Wildman–Crippen LogP) is 4.55. The second-order valence-corrected chi connectivity index (χ2v) is 8.39. The van der Waals surface area contributed by atoms with Crippen LogP contribution in [0.4, 0.5) is 5.69 Å². The van der Waals surface area contributed by atoms with Crippen LogP contribution < -0.4 is 5.32 Å². The molecule has 0 aromatic heterocycles. The van der Waals surface area contributed by atoms with Crippen molar-refractivity contribution in [3.05, 3.63) is 65.2 Å². The summed E-state index contributed by atoms with van der Waals surface area (Å²) in [7, 11) is 1.42. The molecule has 140 valence electrons. The lowest BCUT2D eigenvalue weighted by molar-refractivity contribution is 0.0599. The number of esters is 1. The molecular weight excluding hydrogens is 356 g/mol. The summed E-state index contributed by atoms with van der Waals surface area (Å²) in [5, 5.41) is 3.61. The number of para-hydroxylation sites is 1. The predicted molar refractivity (Wildman–Crippen MR) is 112 cm³/mol. The Morgan fingerprint density at radius 2 is 1.89 bits per heavy atom. The van der Waals surface area contributed by atoms with Gasteiger partial charge >= 0.3 is 5.97 Å². The van der Waals surface area contributed by atoms with Gasteiger partial charge in [0.15, 0.2) is 0 Å². The Morgan fingerprint density at radius 3 is 2.70 bits per heavy atom. The van der Waals surface area contributed by atoms with E-state index in [1.807, 2.05) is 30.0 Å². The molecular formula is C22H24N2O2S. The summed E-state index contributed by atoms with van der Waals surface area (Å²) in [5.74, 6) is 3.10. The molecule has 4 rings (SSSR count). The van der Waals surface area contributed by atoms with Gasteiger partial charge in [0.05, 0.1) is 19.2 Å². The minimum Gasteiger partial charge on any atom is -0.465 e. The fourth-order valence-corrected chi connectivity index (χ4v) is 5.29. The molecule has 1 spiro atoms. The van der Waals surface area contributed by atoms with Crippen molar-refractivity contribution in [1.29, 1.82) is 0 Å². The largest absolute Gasteiger partial charge is 0.465 e. The average molecular weight is 381 g/mol. The Hall–Kier alpha value is -2.27. The van der Waals surface area contributed by atoms with E-state index in [9.17, 15) is 4.79 Å². The highest BCUT2D eigenvalue weighted by Crippen LogP contribution is 2.44. The first kappa shape index (κ1) is 18.1. The maximum atomic E-state index is 12.1. The molecule has 4 nitrogen and oxygen atoms in total. The summed E-state index contributed by atoms with van der Waals surface area (Å²) in [6.07, 6.45) is 3.31. The van der Waals surface area contributed by atoms with Gasteiger partial charge in [0.2, 0.25) is 0 Å². The number of benzene rings is 2. The third-order valence-corrected chi connectivity index (χ3v) is 6.57. The first-order chi connectivity index (χ1) is 13.2. The van der Waals surface area contributed by atoms with E-state index in [2.05, 4.69) is 29.6 Å². The Labute approximate surface area is 164 Å². The van der Waals surface area contributed by atoms with E-state index >= 15 is 0 Å². The number of nitrogens with one attached hydrogen (secondary N) is 1. The SMILES string of the molecule is COC(=O)c1ccccc1CN=C1Nc2ccccc2CC12CCSCC2. The number of methoxy groups -OCH3 is 1. The number of carbonyl (C=O) groups is 1. The monoisotopic (exact) mass is 380 g/mol. The lowest BCUT2D eigenvalue weighted by atomic mass is 9.73. The smallest absolute Gasteiger partial charge is 0.338 e. The van der Waals surface area contributed by atoms with Crippen LogP contribution >= 0.6 is 11.8 Å². The molecule has 0 unspecified atom stereocenters. The van der Waals surface area contributed by atoms with Gasteiger partial charge in [0, 0.05) is 11.1 Å². The number of carbonyl (C=O) groups excluding carboxylic acids is 1. The van der Waals surface area contributed by atoms with E-state index in [1.165, 1.54) is 24.2 Å². The third kappa shape index (κ3) is 3.61. The van der Waals surface area contributed by atoms with E-state index in [1.54, 1.807) is 6.07 Å². The zero-order valence-electron chi connectivity index (χ0n) is 15.5. The summed E-state index contributed by atoms with van der Waals surface area (Å²) in [5.41, 5.74) is 4.10. The summed E-state index contributed by atoms with van der Waals surface area (Å²) < 4.78 is 4.92. The standard InChI is InChI=1S/C22H24N2O2S/c1-26-20(25)18-8-4-2-7-17(18)15-23-21-22(10-12-27-13-11-22)14-16-6-3-5-9-19(16)24-21/h2-9H,10-15H2,1H3,(H,23,24). The number of nitrogens with zero attached hydrogens (tertiary/aromatic N) is 1. The highest BCUT2D eigenvalue weighted by molar-refractivity contribution is 7.99. The molecule has 0 amide bonds. The number of ether oxygens (including phenoxy) is 1. The van der Waals surface area contributed by atoms with Crippen LogP contribution in [0.5, 0.6) is 0 Å². The number of hydrogen-bond acceptors (Lipinski definition) is 4. The summed E-state index contributed by atoms with van der Waals surface area (Å²) in [6.45, 7) is 0.477. The van der Waals surface area contributed by atoms with Crippen LogP contribution in [0.3, 0.4) is 0 Å². The molecule has 2 heterocycles. The molecule has 1 saturated heterocycles. The van der Waals surface area contributed by atoms with E-state index in [4.69, 9.17) is 9.73 Å². The molecule has 0 aliphatic carbocycles. The van der Waals surface area contributed by atoms with Gasteiger partial charge in [-0.15, -0.1) is 0 Å². The average Bonchev–Trinajstić information content (AvgIpc) is 2.72. The van der Waals surface area contributed by atoms with Gasteiger partial charge in [-0.25, -0.2) is 4.79 Å². The molecule has 0 atom stereocenters. The molecule has 2 aliphatic heterocycles. The normalized spacial score (nSPS) is 19.4. The Morgan fingerprint density at radius 1 is 1.15 bits per heavy atom. The second-order valence-electron chi connectivity index (χ2n) is 7.17. The van der Waals surface area contributed by atoms with Crippen LogP contribution in [0.1, 0.15) is 34.3 Å². The van der Waals surface area contributed by atoms with E-state index in [0.717, 1.165) is 36.3 Å². The van der Waals surface area contributed by atoms with Crippen LogP contribution in [-0.2, 0) is 17.7 Å². The van der Waals surface area contributed by atoms with Gasteiger partial charge in [-0.1, -0.05) is 36.4 Å². The van der Waals surface area contributed by atoms with Crippen LogP contribution in [0.2, 0.25) is 0 Å². The maximum Gasteiger partial charge on any atom is 0.338 e. The molecule has 1 N–H and O–H groups in total. The number of thioether (sulfide) groups is 1. The highest BCUT2D eigenvalue weighted by Gasteiger charge is 2.41. The molecule has 0 saturated carbocycles. The van der Waals surface area contributed by atoms with Gasteiger partial charge in [0.25, 0.3) is 0 Å². The van der Waals surface area contributed by atoms with E-state index in [0.29, 0.717) is 12.1 Å². The number of amidine groups is 1. The fourth-order valence-electron chi connectivity index (χ4n) is 4.02. The zero-order chi connectivity index (χ0) is 18.7. The van der Waals surface area contributed by atoms with Crippen LogP contribution in [0.25, 0.3) is 0 Å². The van der Waals surface area contributed by atoms with Crippen molar-refractivity contribution >= 4 is 29.3 Å². The lowest BCUT2D eigenvalue weighted by Crippen LogP contribution is -2.44. The molecule has 0 bridgehead atoms. The second kappa shape index (κ2) is 7.77. The van der Waals surface area contributed by atoms with Crippen molar-refractivity contribution in [1.82, 2.24) is 0 Å². The van der Waals surface area contributed by atoms with Crippen molar-refractivity contribution in [3.63, 3.8) is 0 Å². The summed E-state index contributed by atoms with van der Waals surface area (Å²) in [4.78, 5) is 17.1. The van der Waals surface area contributed by atoms with Crippen molar-refractivity contribution in [2.45, 2.75) is 25.8 Å². The first-order valence-corrected chi connectivity index (χ1v) is 10.5. The summed E-state index contributed by atoms with van der Waals surface area (Å²) in [6, 6.07) is 16.1. The first-order valence-electron chi connectivity index (χ1n) is 9.36. The number of fused-ring (bicyclic) bond motifs is 1. The van der Waals surface area contributed by atoms with Crippen LogP contribution in [-0.4, -0.2) is 30.4 Å². The van der Waals surface area contributed by atoms with Gasteiger partial charge in [-0.05, 0) is 54.0 Å². The Balaban J connectivity index is 1.68. The number of aliphatic imine (C=N–C) groups is 1. The number of anilines is 1.